The molecule has 5 heteroatoms. The maximum Gasteiger partial charge on any atom is 0.150 e. The summed E-state index contributed by atoms with van der Waals surface area (Å²) in [5, 5.41) is 18.6. The summed E-state index contributed by atoms with van der Waals surface area (Å²) in [6, 6.07) is 0. The average molecular weight is 145 g/mol. The number of hydrogen-bond acceptors (Lipinski definition) is 4. The lowest BCUT2D eigenvalue weighted by atomic mass is 10.3. The van der Waals surface area contributed by atoms with Crippen LogP contribution >= 0.6 is 12.6 Å². The van der Waals surface area contributed by atoms with E-state index in [0.29, 0.717) is 5.69 Å². The summed E-state index contributed by atoms with van der Waals surface area (Å²) in [5.41, 5.74) is 0.422. The fourth-order valence-electron chi connectivity index (χ4n) is 0.430. The zero-order valence-corrected chi connectivity index (χ0v) is 5.76. The van der Waals surface area contributed by atoms with Gasteiger partial charge >= 0.3 is 0 Å². The fraction of sp³-hybridized carbons (Fsp3) is 0.500. The van der Waals surface area contributed by atoms with Crippen LogP contribution in [0.1, 0.15) is 12.6 Å². The Balaban J connectivity index is 2.90. The van der Waals surface area contributed by atoms with Gasteiger partial charge in [0.05, 0.1) is 6.20 Å². The predicted molar refractivity (Wildman–Crippen MR) is 34.9 cm³/mol. The van der Waals surface area contributed by atoms with Gasteiger partial charge in [-0.3, -0.25) is 0 Å². The van der Waals surface area contributed by atoms with Gasteiger partial charge in [-0.1, -0.05) is 0 Å². The number of aliphatic hydroxyl groups is 1. The number of H-pyrrole nitrogens is 1. The molecule has 1 unspecified atom stereocenters. The zero-order chi connectivity index (χ0) is 6.91. The molecule has 4 nitrogen and oxygen atoms in total. The number of nitrogens with zero attached hydrogens (tertiary/aromatic N) is 2. The third-order valence-corrected chi connectivity index (χ3v) is 1.13. The van der Waals surface area contributed by atoms with Gasteiger partial charge in [-0.15, -0.1) is 12.6 Å². The maximum absolute atomic E-state index is 9.12. The van der Waals surface area contributed by atoms with Crippen molar-refractivity contribution < 1.29 is 5.11 Å². The lowest BCUT2D eigenvalue weighted by molar-refractivity contribution is 0.157. The second kappa shape index (κ2) is 2.00. The van der Waals surface area contributed by atoms with Crippen LogP contribution in [0.2, 0.25) is 0 Å². The fourth-order valence-corrected chi connectivity index (χ4v) is 0.538. The highest BCUT2D eigenvalue weighted by Crippen LogP contribution is 2.20. The first kappa shape index (κ1) is 6.57. The second-order valence-corrected chi connectivity index (χ2v) is 2.75. The normalized spacial score (nSPS) is 17.2. The van der Waals surface area contributed by atoms with E-state index in [9.17, 15) is 0 Å². The molecule has 0 aliphatic heterocycles. The van der Waals surface area contributed by atoms with E-state index in [2.05, 4.69) is 28.0 Å². The molecule has 1 aromatic rings. The van der Waals surface area contributed by atoms with Crippen molar-refractivity contribution in [2.45, 2.75) is 11.9 Å². The van der Waals surface area contributed by atoms with E-state index in [4.69, 9.17) is 5.11 Å². The number of nitrogens with one attached hydrogen (secondary N) is 1. The number of hydrogen-bond donors (Lipinski definition) is 3. The quantitative estimate of drug-likeness (QED) is 0.382. The monoisotopic (exact) mass is 145 g/mol. The van der Waals surface area contributed by atoms with Gasteiger partial charge in [0.2, 0.25) is 0 Å². The van der Waals surface area contributed by atoms with E-state index < -0.39 is 4.93 Å². The van der Waals surface area contributed by atoms with Crippen molar-refractivity contribution in [3.8, 4) is 0 Å². The Kier molecular flexibility index (Phi) is 1.46. The second-order valence-electron chi connectivity index (χ2n) is 1.88. The van der Waals surface area contributed by atoms with E-state index >= 15 is 0 Å². The minimum absolute atomic E-state index is 0.422. The molecule has 0 fully saturated rings. The smallest absolute Gasteiger partial charge is 0.150 e. The van der Waals surface area contributed by atoms with E-state index in [0.717, 1.165) is 0 Å². The molecule has 0 saturated carbocycles. The Labute approximate surface area is 57.7 Å². The van der Waals surface area contributed by atoms with Gasteiger partial charge in [0, 0.05) is 0 Å². The van der Waals surface area contributed by atoms with Crippen molar-refractivity contribution in [2.24, 2.45) is 0 Å². The van der Waals surface area contributed by atoms with Gasteiger partial charge in [-0.05, 0) is 6.92 Å². The van der Waals surface area contributed by atoms with Crippen molar-refractivity contribution in [1.82, 2.24) is 15.4 Å². The van der Waals surface area contributed by atoms with Crippen LogP contribution in [0, 0.1) is 0 Å². The first-order chi connectivity index (χ1) is 4.11. The standard InChI is InChI=1S/C4H7N3OS/c1-4(8,9)3-2-5-7-6-3/h2,8-9H,1H3,(H,5,6,7). The molecule has 0 aromatic carbocycles. The topological polar surface area (TPSA) is 61.8 Å². The van der Waals surface area contributed by atoms with Crippen LogP contribution in [-0.2, 0) is 4.93 Å². The molecule has 0 bridgehead atoms. The molecular formula is C4H7N3OS. The number of thiol groups is 1. The Morgan fingerprint density at radius 3 is 2.78 bits per heavy atom. The third-order valence-electron chi connectivity index (χ3n) is 0.900. The Hall–Kier alpha value is -0.550. The molecule has 1 heterocycles. The molecule has 0 amide bonds. The van der Waals surface area contributed by atoms with Gasteiger partial charge in [0.15, 0.2) is 4.93 Å². The average Bonchev–Trinajstić information content (AvgIpc) is 2.08. The Bertz CT molecular complexity index is 178. The van der Waals surface area contributed by atoms with Gasteiger partial charge in [-0.2, -0.15) is 15.4 Å². The molecule has 0 saturated heterocycles. The first-order valence-corrected chi connectivity index (χ1v) is 2.86. The van der Waals surface area contributed by atoms with Crippen LogP contribution in [0.4, 0.5) is 0 Å². The lowest BCUT2D eigenvalue weighted by Crippen LogP contribution is -2.12. The first-order valence-electron chi connectivity index (χ1n) is 2.41. The zero-order valence-electron chi connectivity index (χ0n) is 4.87. The van der Waals surface area contributed by atoms with Crippen molar-refractivity contribution in [3.05, 3.63) is 11.9 Å². The van der Waals surface area contributed by atoms with Crippen molar-refractivity contribution in [1.29, 1.82) is 0 Å². The third kappa shape index (κ3) is 1.43. The van der Waals surface area contributed by atoms with Crippen LogP contribution < -0.4 is 0 Å². The highest BCUT2D eigenvalue weighted by atomic mass is 32.1. The summed E-state index contributed by atoms with van der Waals surface area (Å²) in [7, 11) is 0. The molecule has 1 atom stereocenters. The lowest BCUT2D eigenvalue weighted by Gasteiger charge is -2.10. The van der Waals surface area contributed by atoms with Crippen molar-refractivity contribution in [2.75, 3.05) is 0 Å². The minimum Gasteiger partial charge on any atom is -0.374 e. The molecule has 0 spiro atoms. The summed E-state index contributed by atoms with van der Waals surface area (Å²) in [4.78, 5) is -1.19. The molecule has 0 aliphatic rings. The van der Waals surface area contributed by atoms with E-state index in [-0.39, 0.29) is 0 Å². The van der Waals surface area contributed by atoms with Gasteiger partial charge in [-0.25, -0.2) is 0 Å². The minimum atomic E-state index is -1.19. The maximum atomic E-state index is 9.12. The van der Waals surface area contributed by atoms with E-state index in [1.165, 1.54) is 13.1 Å². The summed E-state index contributed by atoms with van der Waals surface area (Å²) < 4.78 is 0. The highest BCUT2D eigenvalue weighted by Gasteiger charge is 2.19. The molecule has 9 heavy (non-hydrogen) atoms. The van der Waals surface area contributed by atoms with E-state index in [1.54, 1.807) is 0 Å². The molecule has 2 N–H and O–H groups in total. The summed E-state index contributed by atoms with van der Waals surface area (Å²) >= 11 is 3.84. The summed E-state index contributed by atoms with van der Waals surface area (Å²) in [6.07, 6.45) is 1.42. The predicted octanol–water partition coefficient (Wildman–Crippen LogP) is -0.101. The molecule has 50 valence electrons. The molecule has 1 rings (SSSR count). The van der Waals surface area contributed by atoms with Crippen LogP contribution in [0.15, 0.2) is 6.20 Å². The summed E-state index contributed by atoms with van der Waals surface area (Å²) in [6.45, 7) is 1.52. The molecule has 0 radical (unpaired) electrons. The van der Waals surface area contributed by atoms with Crippen molar-refractivity contribution >= 4 is 12.6 Å². The molecule has 0 aliphatic carbocycles. The molecule has 1 aromatic heterocycles. The van der Waals surface area contributed by atoms with Crippen molar-refractivity contribution in [3.63, 3.8) is 0 Å². The molecular weight excluding hydrogens is 138 g/mol. The van der Waals surface area contributed by atoms with E-state index in [1.807, 2.05) is 0 Å². The van der Waals surface area contributed by atoms with Crippen LogP contribution in [0.3, 0.4) is 0 Å². The van der Waals surface area contributed by atoms with Crippen LogP contribution in [0.5, 0.6) is 0 Å². The number of aromatic nitrogens is 3. The Morgan fingerprint density at radius 2 is 2.56 bits per heavy atom. The van der Waals surface area contributed by atoms with Gasteiger partial charge in [0.1, 0.15) is 5.69 Å². The highest BCUT2D eigenvalue weighted by molar-refractivity contribution is 7.81. The van der Waals surface area contributed by atoms with Gasteiger partial charge < -0.3 is 5.11 Å². The Morgan fingerprint density at radius 1 is 1.89 bits per heavy atom. The van der Waals surface area contributed by atoms with Gasteiger partial charge in [0.25, 0.3) is 0 Å². The van der Waals surface area contributed by atoms with Crippen LogP contribution in [-0.4, -0.2) is 20.5 Å². The largest absolute Gasteiger partial charge is 0.374 e. The number of aromatic amines is 1. The SMILES string of the molecule is CC(O)(S)c1cn[nH]n1. The number of rotatable bonds is 1. The summed E-state index contributed by atoms with van der Waals surface area (Å²) in [5.74, 6) is 0. The van der Waals surface area contributed by atoms with Crippen LogP contribution in [0.25, 0.3) is 0 Å².